The number of fused-ring (bicyclic) bond motifs is 3. The van der Waals surface area contributed by atoms with Gasteiger partial charge in [0.05, 0.1) is 9.79 Å². The van der Waals surface area contributed by atoms with Gasteiger partial charge in [0.15, 0.2) is 0 Å². The van der Waals surface area contributed by atoms with Crippen LogP contribution in [0.4, 0.5) is 11.4 Å². The third-order valence-electron chi connectivity index (χ3n) is 7.32. The van der Waals surface area contributed by atoms with Crippen LogP contribution in [0.2, 0.25) is 0 Å². The maximum absolute atomic E-state index is 13.3. The Morgan fingerprint density at radius 3 is 1.42 bits per heavy atom. The van der Waals surface area contributed by atoms with E-state index in [1.54, 1.807) is 36.4 Å². The quantitative estimate of drug-likeness (QED) is 0.528. The van der Waals surface area contributed by atoms with Crippen molar-refractivity contribution >= 4 is 33.0 Å². The lowest BCUT2D eigenvalue weighted by atomic mass is 9.88. The van der Waals surface area contributed by atoms with Gasteiger partial charge in [-0.05, 0) is 49.9 Å². The van der Waals surface area contributed by atoms with E-state index in [0.717, 1.165) is 51.4 Å². The van der Waals surface area contributed by atoms with Crippen LogP contribution in [0, 0.1) is 11.8 Å². The molecule has 2 saturated carbocycles. The Bertz CT molecular complexity index is 1110. The minimum absolute atomic E-state index is 0.00357. The highest BCUT2D eigenvalue weighted by atomic mass is 32.2. The summed E-state index contributed by atoms with van der Waals surface area (Å²) in [6, 6.07) is 10.2. The number of hydrogen-bond acceptors (Lipinski definition) is 4. The number of benzene rings is 2. The molecule has 0 radical (unpaired) electrons. The number of nitrogens with one attached hydrogen (secondary N) is 2. The Labute approximate surface area is 195 Å². The Kier molecular flexibility index (Phi) is 5.99. The van der Waals surface area contributed by atoms with Gasteiger partial charge in [0.25, 0.3) is 0 Å². The zero-order valence-electron chi connectivity index (χ0n) is 18.7. The minimum atomic E-state index is -3.73. The molecule has 2 N–H and O–H groups in total. The van der Waals surface area contributed by atoms with Gasteiger partial charge in [0.2, 0.25) is 21.7 Å². The van der Waals surface area contributed by atoms with Gasteiger partial charge in [-0.2, -0.15) is 0 Å². The first-order valence-electron chi connectivity index (χ1n) is 12.1. The molecule has 6 nitrogen and oxygen atoms in total. The number of hydrogen-bond donors (Lipinski definition) is 2. The van der Waals surface area contributed by atoms with Crippen LogP contribution in [0.3, 0.4) is 0 Å². The van der Waals surface area contributed by atoms with Gasteiger partial charge >= 0.3 is 0 Å². The third-order valence-corrected chi connectivity index (χ3v) is 9.15. The van der Waals surface area contributed by atoms with Crippen LogP contribution in [0.1, 0.15) is 64.2 Å². The maximum atomic E-state index is 13.3. The summed E-state index contributed by atoms with van der Waals surface area (Å²) in [5.41, 5.74) is 2.27. The van der Waals surface area contributed by atoms with Gasteiger partial charge in [0.1, 0.15) is 0 Å². The van der Waals surface area contributed by atoms with E-state index in [-0.39, 0.29) is 33.4 Å². The molecule has 3 aliphatic rings. The summed E-state index contributed by atoms with van der Waals surface area (Å²) in [6.45, 7) is 0. The second-order valence-electron chi connectivity index (χ2n) is 9.57. The number of carbonyl (C=O) groups is 2. The molecule has 1 heterocycles. The van der Waals surface area contributed by atoms with E-state index < -0.39 is 9.84 Å². The van der Waals surface area contributed by atoms with E-state index >= 15 is 0 Å². The van der Waals surface area contributed by atoms with Crippen molar-refractivity contribution < 1.29 is 18.0 Å². The minimum Gasteiger partial charge on any atom is -0.326 e. The third kappa shape index (κ3) is 4.31. The normalized spacial score (nSPS) is 20.0. The average Bonchev–Trinajstić information content (AvgIpc) is 3.06. The summed E-state index contributed by atoms with van der Waals surface area (Å²) in [6.07, 6.45) is 10.1. The molecule has 0 atom stereocenters. The molecule has 0 bridgehead atoms. The number of anilines is 2. The summed E-state index contributed by atoms with van der Waals surface area (Å²) < 4.78 is 26.7. The molecule has 2 aromatic carbocycles. The van der Waals surface area contributed by atoms with Crippen molar-refractivity contribution in [1.29, 1.82) is 0 Å². The molecule has 5 rings (SSSR count). The first kappa shape index (κ1) is 22.1. The highest BCUT2D eigenvalue weighted by molar-refractivity contribution is 7.92. The Hall–Kier alpha value is -2.67. The van der Waals surface area contributed by atoms with Crippen LogP contribution in [-0.2, 0) is 19.4 Å². The van der Waals surface area contributed by atoms with E-state index in [1.807, 2.05) is 0 Å². The number of amides is 2. The molecule has 2 aliphatic carbocycles. The van der Waals surface area contributed by atoms with Crippen LogP contribution in [0.15, 0.2) is 46.2 Å². The fraction of sp³-hybridized carbons (Fsp3) is 0.462. The lowest BCUT2D eigenvalue weighted by molar-refractivity contribution is -0.121. The van der Waals surface area contributed by atoms with Crippen molar-refractivity contribution in [2.45, 2.75) is 74.0 Å². The van der Waals surface area contributed by atoms with Gasteiger partial charge in [-0.25, -0.2) is 8.42 Å². The van der Waals surface area contributed by atoms with Gasteiger partial charge < -0.3 is 10.6 Å². The standard InChI is InChI=1S/C26H30N2O4S/c29-25(17-7-3-1-4-8-17)27-19-11-13-21-22-14-12-20(16-24(22)33(31,32)23(21)15-19)28-26(30)18-9-5-2-6-10-18/h11-18H,1-10H2,(H,27,29)(H,28,30). The van der Waals surface area contributed by atoms with E-state index in [4.69, 9.17) is 0 Å². The van der Waals surface area contributed by atoms with Crippen molar-refractivity contribution in [2.24, 2.45) is 11.8 Å². The summed E-state index contributed by atoms with van der Waals surface area (Å²) in [5, 5.41) is 5.84. The smallest absolute Gasteiger partial charge is 0.227 e. The van der Waals surface area contributed by atoms with E-state index in [1.165, 1.54) is 12.8 Å². The number of sulfone groups is 1. The molecular formula is C26H30N2O4S. The molecule has 0 aromatic heterocycles. The summed E-state index contributed by atoms with van der Waals surface area (Å²) in [7, 11) is -3.73. The molecule has 0 saturated heterocycles. The lowest BCUT2D eigenvalue weighted by Gasteiger charge is -2.20. The Morgan fingerprint density at radius 2 is 1.03 bits per heavy atom. The summed E-state index contributed by atoms with van der Waals surface area (Å²) in [5.74, 6) is -0.0715. The van der Waals surface area contributed by atoms with E-state index in [9.17, 15) is 18.0 Å². The van der Waals surface area contributed by atoms with E-state index in [0.29, 0.717) is 22.5 Å². The first-order chi connectivity index (χ1) is 15.9. The predicted molar refractivity (Wildman–Crippen MR) is 128 cm³/mol. The van der Waals surface area contributed by atoms with Gasteiger partial charge in [-0.3, -0.25) is 9.59 Å². The summed E-state index contributed by atoms with van der Waals surface area (Å²) >= 11 is 0. The topological polar surface area (TPSA) is 92.3 Å². The van der Waals surface area contributed by atoms with Crippen LogP contribution < -0.4 is 10.6 Å². The molecule has 2 aromatic rings. The van der Waals surface area contributed by atoms with Gasteiger partial charge in [0, 0.05) is 34.3 Å². The molecule has 33 heavy (non-hydrogen) atoms. The molecule has 2 amide bonds. The van der Waals surface area contributed by atoms with E-state index in [2.05, 4.69) is 10.6 Å². The van der Waals surface area contributed by atoms with Crippen molar-refractivity contribution in [3.63, 3.8) is 0 Å². The zero-order valence-corrected chi connectivity index (χ0v) is 19.5. The molecule has 2 fully saturated rings. The number of carbonyl (C=O) groups excluding carboxylic acids is 2. The van der Waals surface area contributed by atoms with Crippen LogP contribution in [0.5, 0.6) is 0 Å². The zero-order chi connectivity index (χ0) is 23.0. The summed E-state index contributed by atoms with van der Waals surface area (Å²) in [4.78, 5) is 25.7. The lowest BCUT2D eigenvalue weighted by Crippen LogP contribution is -2.24. The Morgan fingerprint density at radius 1 is 0.636 bits per heavy atom. The fourth-order valence-electron chi connectivity index (χ4n) is 5.43. The fourth-order valence-corrected chi connectivity index (χ4v) is 7.16. The average molecular weight is 467 g/mol. The Balaban J connectivity index is 1.36. The monoisotopic (exact) mass is 466 g/mol. The van der Waals surface area contributed by atoms with Crippen molar-refractivity contribution in [1.82, 2.24) is 0 Å². The van der Waals surface area contributed by atoms with Gasteiger partial charge in [-0.15, -0.1) is 0 Å². The van der Waals surface area contributed by atoms with Gasteiger partial charge in [-0.1, -0.05) is 50.7 Å². The molecule has 7 heteroatoms. The van der Waals surface area contributed by atoms with Crippen LogP contribution in [-0.4, -0.2) is 20.2 Å². The highest BCUT2D eigenvalue weighted by Gasteiger charge is 2.34. The number of rotatable bonds is 4. The highest BCUT2D eigenvalue weighted by Crippen LogP contribution is 2.45. The van der Waals surface area contributed by atoms with Crippen LogP contribution >= 0.6 is 0 Å². The first-order valence-corrected chi connectivity index (χ1v) is 13.6. The molecular weight excluding hydrogens is 436 g/mol. The van der Waals surface area contributed by atoms with Crippen molar-refractivity contribution in [3.05, 3.63) is 36.4 Å². The van der Waals surface area contributed by atoms with Crippen LogP contribution in [0.25, 0.3) is 11.1 Å². The molecule has 174 valence electrons. The van der Waals surface area contributed by atoms with Crippen molar-refractivity contribution in [3.8, 4) is 11.1 Å². The maximum Gasteiger partial charge on any atom is 0.227 e. The molecule has 1 aliphatic heterocycles. The molecule has 0 spiro atoms. The predicted octanol–water partition coefficient (Wildman–Crippen LogP) is 5.54. The largest absolute Gasteiger partial charge is 0.326 e. The second-order valence-corrected chi connectivity index (χ2v) is 11.5. The molecule has 0 unspecified atom stereocenters. The second kappa shape index (κ2) is 8.93. The van der Waals surface area contributed by atoms with Crippen molar-refractivity contribution in [2.75, 3.05) is 10.6 Å². The SMILES string of the molecule is O=C(Nc1ccc2c(c1)S(=O)(=O)c1cc(NC(=O)C3CCCCC3)ccc1-2)C1CCCCC1.